The van der Waals surface area contributed by atoms with Gasteiger partial charge in [0.15, 0.2) is 0 Å². The molecule has 0 aromatic carbocycles. The second kappa shape index (κ2) is 3.96. The molecule has 0 unspecified atom stereocenters. The van der Waals surface area contributed by atoms with Crippen LogP contribution in [0.15, 0.2) is 6.20 Å². The van der Waals surface area contributed by atoms with Gasteiger partial charge in [-0.3, -0.25) is 4.79 Å². The highest BCUT2D eigenvalue weighted by Gasteiger charge is 2.24. The van der Waals surface area contributed by atoms with Crippen LogP contribution in [0.5, 0.6) is 0 Å². The van der Waals surface area contributed by atoms with Crippen molar-refractivity contribution < 1.29 is 9.90 Å². The summed E-state index contributed by atoms with van der Waals surface area (Å²) in [6.45, 7) is 2.02. The highest BCUT2D eigenvalue weighted by molar-refractivity contribution is 5.97. The smallest absolute Gasteiger partial charge is 0.255 e. The Hall–Kier alpha value is -1.69. The third-order valence-electron chi connectivity index (χ3n) is 3.26. The van der Waals surface area contributed by atoms with Crippen molar-refractivity contribution >= 4 is 11.9 Å². The molecule has 0 spiro atoms. The molecule has 1 saturated heterocycles. The Morgan fingerprint density at radius 2 is 2.18 bits per heavy atom. The van der Waals surface area contributed by atoms with Crippen molar-refractivity contribution in [3.05, 3.63) is 17.5 Å². The molecule has 2 aliphatic heterocycles. The normalized spacial score (nSPS) is 20.3. The van der Waals surface area contributed by atoms with Crippen molar-refractivity contribution in [1.29, 1.82) is 0 Å². The predicted molar refractivity (Wildman–Crippen MR) is 60.7 cm³/mol. The van der Waals surface area contributed by atoms with E-state index < -0.39 is 0 Å². The van der Waals surface area contributed by atoms with Gasteiger partial charge in [0.05, 0.1) is 23.9 Å². The molecule has 1 aromatic heterocycles. The number of aliphatic hydroxyl groups excluding tert-OH is 1. The largest absolute Gasteiger partial charge is 0.393 e. The molecule has 1 amide bonds. The average Bonchev–Trinajstić information content (AvgIpc) is 2.72. The van der Waals surface area contributed by atoms with Crippen LogP contribution in [0, 0.1) is 0 Å². The molecular formula is C11H14N4O2. The Morgan fingerprint density at radius 1 is 1.41 bits per heavy atom. The van der Waals surface area contributed by atoms with Crippen LogP contribution in [0.4, 0.5) is 5.95 Å². The minimum atomic E-state index is -0.205. The maximum atomic E-state index is 11.4. The van der Waals surface area contributed by atoms with Gasteiger partial charge in [0.1, 0.15) is 0 Å². The molecule has 2 aliphatic rings. The van der Waals surface area contributed by atoms with Crippen molar-refractivity contribution in [2.45, 2.75) is 25.5 Å². The molecular weight excluding hydrogens is 220 g/mol. The van der Waals surface area contributed by atoms with E-state index in [4.69, 9.17) is 0 Å². The van der Waals surface area contributed by atoms with E-state index in [0.717, 1.165) is 31.6 Å². The molecule has 90 valence electrons. The first-order chi connectivity index (χ1) is 8.24. The fourth-order valence-electron chi connectivity index (χ4n) is 2.21. The average molecular weight is 234 g/mol. The molecule has 6 nitrogen and oxygen atoms in total. The number of fused-ring (bicyclic) bond motifs is 1. The first-order valence-electron chi connectivity index (χ1n) is 5.81. The second-order valence-corrected chi connectivity index (χ2v) is 4.43. The Bertz CT molecular complexity index is 455. The molecule has 2 N–H and O–H groups in total. The lowest BCUT2D eigenvalue weighted by molar-refractivity contribution is 0.0965. The summed E-state index contributed by atoms with van der Waals surface area (Å²) in [4.78, 5) is 22.0. The number of rotatable bonds is 1. The zero-order chi connectivity index (χ0) is 11.8. The number of hydrogen-bond acceptors (Lipinski definition) is 5. The zero-order valence-electron chi connectivity index (χ0n) is 9.39. The van der Waals surface area contributed by atoms with Crippen LogP contribution in [-0.2, 0) is 6.54 Å². The lowest BCUT2D eigenvalue weighted by atomic mass is 10.1. The van der Waals surface area contributed by atoms with Crippen molar-refractivity contribution in [1.82, 2.24) is 15.3 Å². The number of hydrogen-bond donors (Lipinski definition) is 2. The Kier molecular flexibility index (Phi) is 2.44. The van der Waals surface area contributed by atoms with Crippen LogP contribution < -0.4 is 10.2 Å². The number of piperidine rings is 1. The highest BCUT2D eigenvalue weighted by atomic mass is 16.3. The van der Waals surface area contributed by atoms with Gasteiger partial charge in [0.2, 0.25) is 5.95 Å². The molecule has 0 atom stereocenters. The van der Waals surface area contributed by atoms with Gasteiger partial charge in [-0.1, -0.05) is 0 Å². The predicted octanol–water partition coefficient (Wildman–Crippen LogP) is -0.319. The van der Waals surface area contributed by atoms with Crippen LogP contribution in [0.2, 0.25) is 0 Å². The third-order valence-corrected chi connectivity index (χ3v) is 3.26. The Labute approximate surface area is 98.7 Å². The molecule has 3 heterocycles. The second-order valence-electron chi connectivity index (χ2n) is 4.43. The van der Waals surface area contributed by atoms with Gasteiger partial charge in [0, 0.05) is 19.3 Å². The van der Waals surface area contributed by atoms with Gasteiger partial charge in [-0.2, -0.15) is 0 Å². The molecule has 0 saturated carbocycles. The Balaban J connectivity index is 1.83. The molecule has 1 fully saturated rings. The molecule has 3 rings (SSSR count). The molecule has 0 bridgehead atoms. The SMILES string of the molecule is O=C1NCc2nc(N3CCC(O)CC3)ncc21. The topological polar surface area (TPSA) is 78.4 Å². The van der Waals surface area contributed by atoms with Gasteiger partial charge in [-0.25, -0.2) is 9.97 Å². The van der Waals surface area contributed by atoms with Crippen molar-refractivity contribution in [3.8, 4) is 0 Å². The quantitative estimate of drug-likeness (QED) is 0.696. The fraction of sp³-hybridized carbons (Fsp3) is 0.545. The maximum Gasteiger partial charge on any atom is 0.255 e. The van der Waals surface area contributed by atoms with Gasteiger partial charge in [-0.05, 0) is 12.8 Å². The summed E-state index contributed by atoms with van der Waals surface area (Å²) in [5.41, 5.74) is 1.34. The third kappa shape index (κ3) is 1.84. The summed E-state index contributed by atoms with van der Waals surface area (Å²) in [7, 11) is 0. The highest BCUT2D eigenvalue weighted by Crippen LogP contribution is 2.19. The molecule has 6 heteroatoms. The summed E-state index contributed by atoms with van der Waals surface area (Å²) in [5, 5.41) is 12.2. The maximum absolute atomic E-state index is 11.4. The number of nitrogens with one attached hydrogen (secondary N) is 1. The number of amides is 1. The van der Waals surface area contributed by atoms with Crippen molar-refractivity contribution in [3.63, 3.8) is 0 Å². The van der Waals surface area contributed by atoms with E-state index in [9.17, 15) is 9.90 Å². The molecule has 17 heavy (non-hydrogen) atoms. The number of aliphatic hydroxyl groups is 1. The van der Waals surface area contributed by atoms with E-state index in [0.29, 0.717) is 18.1 Å². The number of carbonyl (C=O) groups excluding carboxylic acids is 1. The van der Waals surface area contributed by atoms with Gasteiger partial charge in [0.25, 0.3) is 5.91 Å². The first kappa shape index (κ1) is 10.5. The number of nitrogens with zero attached hydrogens (tertiary/aromatic N) is 3. The van der Waals surface area contributed by atoms with E-state index in [1.165, 1.54) is 0 Å². The number of carbonyl (C=O) groups is 1. The minimum absolute atomic E-state index is 0.0967. The number of anilines is 1. The lowest BCUT2D eigenvalue weighted by Gasteiger charge is -2.29. The van der Waals surface area contributed by atoms with Crippen LogP contribution >= 0.6 is 0 Å². The summed E-state index contributed by atoms with van der Waals surface area (Å²) in [6, 6.07) is 0. The summed E-state index contributed by atoms with van der Waals surface area (Å²) < 4.78 is 0. The van der Waals surface area contributed by atoms with E-state index in [1.54, 1.807) is 6.20 Å². The molecule has 0 aliphatic carbocycles. The van der Waals surface area contributed by atoms with Crippen LogP contribution in [0.3, 0.4) is 0 Å². The molecule has 1 aromatic rings. The van der Waals surface area contributed by atoms with Crippen molar-refractivity contribution in [2.75, 3.05) is 18.0 Å². The lowest BCUT2D eigenvalue weighted by Crippen LogP contribution is -2.37. The van der Waals surface area contributed by atoms with Gasteiger partial charge >= 0.3 is 0 Å². The zero-order valence-corrected chi connectivity index (χ0v) is 9.39. The number of aromatic nitrogens is 2. The van der Waals surface area contributed by atoms with Crippen LogP contribution in [0.1, 0.15) is 28.9 Å². The van der Waals surface area contributed by atoms with Gasteiger partial charge in [-0.15, -0.1) is 0 Å². The van der Waals surface area contributed by atoms with Crippen molar-refractivity contribution in [2.24, 2.45) is 0 Å². The minimum Gasteiger partial charge on any atom is -0.393 e. The van der Waals surface area contributed by atoms with Crippen LogP contribution in [0.25, 0.3) is 0 Å². The standard InChI is InChI=1S/C11H14N4O2/c16-7-1-3-15(4-2-7)11-13-5-8-9(14-11)6-12-10(8)17/h5,7,16H,1-4,6H2,(H,12,17). The van der Waals surface area contributed by atoms with E-state index in [1.807, 2.05) is 0 Å². The van der Waals surface area contributed by atoms with E-state index in [2.05, 4.69) is 20.2 Å². The monoisotopic (exact) mass is 234 g/mol. The van der Waals surface area contributed by atoms with E-state index in [-0.39, 0.29) is 12.0 Å². The summed E-state index contributed by atoms with van der Waals surface area (Å²) in [5.74, 6) is 0.563. The fourth-order valence-corrected chi connectivity index (χ4v) is 2.21. The Morgan fingerprint density at radius 3 is 2.94 bits per heavy atom. The first-order valence-corrected chi connectivity index (χ1v) is 5.81. The molecule has 0 radical (unpaired) electrons. The summed E-state index contributed by atoms with van der Waals surface area (Å²) >= 11 is 0. The summed E-state index contributed by atoms with van der Waals surface area (Å²) in [6.07, 6.45) is 2.88. The van der Waals surface area contributed by atoms with Gasteiger partial charge < -0.3 is 15.3 Å². The van der Waals surface area contributed by atoms with Crippen LogP contribution in [-0.4, -0.2) is 40.2 Å². The van der Waals surface area contributed by atoms with E-state index >= 15 is 0 Å².